The standard InChI is InChI=1S/C5H10N4/c1-5(2)4(3-7-5)8-9-6/h4,7H,3H2,1-2H3. The van der Waals surface area contributed by atoms with Crippen LogP contribution in [0.25, 0.3) is 10.4 Å². The molecule has 1 heterocycles. The van der Waals surface area contributed by atoms with Gasteiger partial charge in [0.05, 0.1) is 6.04 Å². The molecule has 0 amide bonds. The van der Waals surface area contributed by atoms with E-state index in [4.69, 9.17) is 5.53 Å². The summed E-state index contributed by atoms with van der Waals surface area (Å²) in [5.74, 6) is 0. The molecule has 1 aliphatic heterocycles. The second-order valence-corrected chi connectivity index (χ2v) is 2.82. The lowest BCUT2D eigenvalue weighted by Gasteiger charge is -2.42. The molecule has 0 radical (unpaired) electrons. The van der Waals surface area contributed by atoms with Crippen LogP contribution in [-0.2, 0) is 0 Å². The van der Waals surface area contributed by atoms with E-state index in [2.05, 4.69) is 15.3 Å². The Kier molecular flexibility index (Phi) is 1.35. The Balaban J connectivity index is 2.55. The first-order valence-corrected chi connectivity index (χ1v) is 2.96. The molecule has 1 N–H and O–H groups in total. The second kappa shape index (κ2) is 1.90. The molecule has 1 rings (SSSR count). The molecule has 0 aliphatic carbocycles. The zero-order valence-electron chi connectivity index (χ0n) is 5.63. The monoisotopic (exact) mass is 126 g/mol. The molecule has 0 aromatic carbocycles. The van der Waals surface area contributed by atoms with Crippen LogP contribution in [0.4, 0.5) is 0 Å². The number of nitrogens with one attached hydrogen (secondary N) is 1. The summed E-state index contributed by atoms with van der Waals surface area (Å²) in [6.45, 7) is 4.86. The largest absolute Gasteiger partial charge is 0.311 e. The Bertz CT molecular complexity index is 156. The van der Waals surface area contributed by atoms with E-state index < -0.39 is 0 Å². The van der Waals surface area contributed by atoms with Crippen LogP contribution in [0.2, 0.25) is 0 Å². The van der Waals surface area contributed by atoms with Crippen LogP contribution in [-0.4, -0.2) is 18.1 Å². The van der Waals surface area contributed by atoms with Crippen molar-refractivity contribution in [1.29, 1.82) is 0 Å². The van der Waals surface area contributed by atoms with Crippen LogP contribution >= 0.6 is 0 Å². The zero-order valence-corrected chi connectivity index (χ0v) is 5.63. The van der Waals surface area contributed by atoms with Gasteiger partial charge in [0.25, 0.3) is 0 Å². The molecule has 0 aromatic rings. The molecule has 0 spiro atoms. The van der Waals surface area contributed by atoms with Crippen molar-refractivity contribution in [3.8, 4) is 0 Å². The highest BCUT2D eigenvalue weighted by Crippen LogP contribution is 2.20. The summed E-state index contributed by atoms with van der Waals surface area (Å²) >= 11 is 0. The van der Waals surface area contributed by atoms with Gasteiger partial charge in [-0.2, -0.15) is 0 Å². The van der Waals surface area contributed by atoms with Gasteiger partial charge in [-0.15, -0.1) is 0 Å². The predicted octanol–water partition coefficient (Wildman–Crippen LogP) is 1.05. The minimum absolute atomic E-state index is 0.0201. The Morgan fingerprint density at radius 1 is 1.78 bits per heavy atom. The van der Waals surface area contributed by atoms with Crippen LogP contribution in [0.3, 0.4) is 0 Å². The molecule has 1 aliphatic rings. The minimum Gasteiger partial charge on any atom is -0.311 e. The van der Waals surface area contributed by atoms with Crippen molar-refractivity contribution in [2.24, 2.45) is 5.11 Å². The predicted molar refractivity (Wildman–Crippen MR) is 35.0 cm³/mol. The Hall–Kier alpha value is -0.730. The number of hydrogen-bond acceptors (Lipinski definition) is 2. The van der Waals surface area contributed by atoms with Gasteiger partial charge >= 0.3 is 0 Å². The fraction of sp³-hybridized carbons (Fsp3) is 1.00. The molecule has 1 fully saturated rings. The van der Waals surface area contributed by atoms with Gasteiger partial charge in [-0.25, -0.2) is 0 Å². The number of nitrogens with zero attached hydrogens (tertiary/aromatic N) is 3. The zero-order chi connectivity index (χ0) is 6.91. The van der Waals surface area contributed by atoms with Crippen molar-refractivity contribution >= 4 is 0 Å². The summed E-state index contributed by atoms with van der Waals surface area (Å²) < 4.78 is 0. The maximum atomic E-state index is 8.06. The fourth-order valence-corrected chi connectivity index (χ4v) is 0.849. The first-order chi connectivity index (χ1) is 4.17. The van der Waals surface area contributed by atoms with Crippen molar-refractivity contribution < 1.29 is 0 Å². The van der Waals surface area contributed by atoms with E-state index in [1.54, 1.807) is 0 Å². The van der Waals surface area contributed by atoms with Crippen LogP contribution in [0.15, 0.2) is 5.11 Å². The van der Waals surface area contributed by atoms with Gasteiger partial charge in [0.2, 0.25) is 0 Å². The average molecular weight is 126 g/mol. The third kappa shape index (κ3) is 0.992. The summed E-state index contributed by atoms with van der Waals surface area (Å²) in [4.78, 5) is 2.74. The molecule has 1 unspecified atom stereocenters. The minimum atomic E-state index is 0.0201. The molecule has 50 valence electrons. The topological polar surface area (TPSA) is 60.8 Å². The molecule has 0 aromatic heterocycles. The van der Waals surface area contributed by atoms with E-state index >= 15 is 0 Å². The molecule has 0 bridgehead atoms. The van der Waals surface area contributed by atoms with E-state index in [1.807, 2.05) is 13.8 Å². The van der Waals surface area contributed by atoms with Crippen molar-refractivity contribution in [1.82, 2.24) is 5.32 Å². The Morgan fingerprint density at radius 2 is 2.44 bits per heavy atom. The summed E-state index contributed by atoms with van der Waals surface area (Å²) in [5, 5.41) is 6.76. The molecule has 1 saturated heterocycles. The quantitative estimate of drug-likeness (QED) is 0.318. The lowest BCUT2D eigenvalue weighted by Crippen LogP contribution is -2.64. The highest BCUT2D eigenvalue weighted by Gasteiger charge is 2.36. The molecule has 0 saturated carbocycles. The molecule has 9 heavy (non-hydrogen) atoms. The summed E-state index contributed by atoms with van der Waals surface area (Å²) in [6.07, 6.45) is 0. The van der Waals surface area contributed by atoms with Crippen LogP contribution in [0.1, 0.15) is 13.8 Å². The fourth-order valence-electron chi connectivity index (χ4n) is 0.849. The van der Waals surface area contributed by atoms with Gasteiger partial charge in [-0.3, -0.25) is 0 Å². The van der Waals surface area contributed by atoms with Gasteiger partial charge in [-0.05, 0) is 19.4 Å². The maximum absolute atomic E-state index is 8.06. The van der Waals surface area contributed by atoms with Gasteiger partial charge in [0.1, 0.15) is 0 Å². The number of hydrogen-bond donors (Lipinski definition) is 1. The van der Waals surface area contributed by atoms with Gasteiger partial charge in [-0.1, -0.05) is 5.11 Å². The van der Waals surface area contributed by atoms with Crippen molar-refractivity contribution in [3.05, 3.63) is 10.4 Å². The first-order valence-electron chi connectivity index (χ1n) is 2.96. The van der Waals surface area contributed by atoms with Gasteiger partial charge < -0.3 is 5.32 Å². The lowest BCUT2D eigenvalue weighted by atomic mass is 9.87. The van der Waals surface area contributed by atoms with Crippen LogP contribution in [0.5, 0.6) is 0 Å². The number of rotatable bonds is 1. The van der Waals surface area contributed by atoms with E-state index in [-0.39, 0.29) is 11.6 Å². The molecule has 4 nitrogen and oxygen atoms in total. The smallest absolute Gasteiger partial charge is 0.0675 e. The highest BCUT2D eigenvalue weighted by atomic mass is 15.2. The summed E-state index contributed by atoms with van der Waals surface area (Å²) in [6, 6.07) is 0.141. The van der Waals surface area contributed by atoms with Crippen molar-refractivity contribution in [2.75, 3.05) is 6.54 Å². The maximum Gasteiger partial charge on any atom is 0.0675 e. The van der Waals surface area contributed by atoms with Gasteiger partial charge in [0, 0.05) is 17.0 Å². The van der Waals surface area contributed by atoms with Crippen molar-refractivity contribution in [3.63, 3.8) is 0 Å². The molecule has 4 heteroatoms. The SMILES string of the molecule is CC1(C)NCC1N=[N+]=[N-]. The van der Waals surface area contributed by atoms with E-state index in [0.717, 1.165) is 6.54 Å². The summed E-state index contributed by atoms with van der Waals surface area (Å²) in [7, 11) is 0. The normalized spacial score (nSPS) is 30.2. The lowest BCUT2D eigenvalue weighted by molar-refractivity contribution is 0.211. The van der Waals surface area contributed by atoms with Crippen molar-refractivity contribution in [2.45, 2.75) is 25.4 Å². The molecule has 1 atom stereocenters. The average Bonchev–Trinajstić information content (AvgIpc) is 1.81. The molecular formula is C5H10N4. The third-order valence-electron chi connectivity index (χ3n) is 1.78. The summed E-state index contributed by atoms with van der Waals surface area (Å²) in [5.41, 5.74) is 8.08. The van der Waals surface area contributed by atoms with Crippen LogP contribution in [0, 0.1) is 0 Å². The first kappa shape index (κ1) is 6.39. The van der Waals surface area contributed by atoms with E-state index in [9.17, 15) is 0 Å². The van der Waals surface area contributed by atoms with Crippen LogP contribution < -0.4 is 5.32 Å². The Labute approximate surface area is 53.9 Å². The highest BCUT2D eigenvalue weighted by molar-refractivity contribution is 5.02. The number of azide groups is 1. The second-order valence-electron chi connectivity index (χ2n) is 2.82. The Morgan fingerprint density at radius 3 is 2.56 bits per heavy atom. The third-order valence-corrected chi connectivity index (χ3v) is 1.78. The molecular weight excluding hydrogens is 116 g/mol. The van der Waals surface area contributed by atoms with E-state index in [1.165, 1.54) is 0 Å². The van der Waals surface area contributed by atoms with E-state index in [0.29, 0.717) is 0 Å². The van der Waals surface area contributed by atoms with Gasteiger partial charge in [0.15, 0.2) is 0 Å².